The molecule has 0 bridgehead atoms. The Kier molecular flexibility index (Phi) is 7.95. The van der Waals surface area contributed by atoms with E-state index < -0.39 is 12.6 Å². The van der Waals surface area contributed by atoms with Crippen molar-refractivity contribution in [1.82, 2.24) is 10.2 Å². The fourth-order valence-electron chi connectivity index (χ4n) is 2.60. The lowest BCUT2D eigenvalue weighted by Crippen LogP contribution is -2.45. The molecule has 1 aliphatic heterocycles. The zero-order valence-corrected chi connectivity index (χ0v) is 15.0. The van der Waals surface area contributed by atoms with Gasteiger partial charge in [-0.15, -0.1) is 12.4 Å². The van der Waals surface area contributed by atoms with E-state index >= 15 is 0 Å². The van der Waals surface area contributed by atoms with Gasteiger partial charge in [0.25, 0.3) is 0 Å². The molecule has 1 aromatic carbocycles. The van der Waals surface area contributed by atoms with E-state index in [-0.39, 0.29) is 24.9 Å². The topological polar surface area (TPSA) is 15.3 Å². The van der Waals surface area contributed by atoms with Crippen LogP contribution in [0.3, 0.4) is 0 Å². The molecule has 8 heteroatoms. The lowest BCUT2D eigenvalue weighted by molar-refractivity contribution is -0.138. The minimum atomic E-state index is -4.15. The third-order valence-electron chi connectivity index (χ3n) is 3.61. The van der Waals surface area contributed by atoms with Gasteiger partial charge >= 0.3 is 6.18 Å². The third kappa shape index (κ3) is 5.89. The van der Waals surface area contributed by atoms with Gasteiger partial charge < -0.3 is 5.32 Å². The SMILES string of the molecule is Cl.FC(F)(F)CC[C@@H](c1cc(Br)ccc1Cl)N1CCNCC1. The molecule has 1 fully saturated rings. The second-order valence-corrected chi connectivity index (χ2v) is 6.44. The summed E-state index contributed by atoms with van der Waals surface area (Å²) in [7, 11) is 0. The van der Waals surface area contributed by atoms with Crippen LogP contribution in [0, 0.1) is 0 Å². The maximum absolute atomic E-state index is 12.6. The summed E-state index contributed by atoms with van der Waals surface area (Å²) >= 11 is 9.58. The molecule has 22 heavy (non-hydrogen) atoms. The Bertz CT molecular complexity index is 480. The van der Waals surface area contributed by atoms with Gasteiger partial charge in [0.15, 0.2) is 0 Å². The van der Waals surface area contributed by atoms with Crippen molar-refractivity contribution in [3.05, 3.63) is 33.3 Å². The van der Waals surface area contributed by atoms with Crippen LogP contribution in [0.1, 0.15) is 24.4 Å². The molecule has 0 saturated carbocycles. The molecule has 1 atom stereocenters. The van der Waals surface area contributed by atoms with Crippen molar-refractivity contribution in [3.63, 3.8) is 0 Å². The van der Waals surface area contributed by atoms with Gasteiger partial charge in [-0.2, -0.15) is 13.2 Å². The van der Waals surface area contributed by atoms with Crippen LogP contribution in [0.4, 0.5) is 13.2 Å². The van der Waals surface area contributed by atoms with E-state index in [0.717, 1.165) is 36.2 Å². The Balaban J connectivity index is 0.00000242. The Morgan fingerprint density at radius 3 is 2.50 bits per heavy atom. The maximum atomic E-state index is 12.6. The molecule has 0 aliphatic carbocycles. The highest BCUT2D eigenvalue weighted by molar-refractivity contribution is 9.10. The van der Waals surface area contributed by atoms with Gasteiger partial charge in [0.05, 0.1) is 0 Å². The minimum absolute atomic E-state index is 0. The fraction of sp³-hybridized carbons (Fsp3) is 0.571. The summed E-state index contributed by atoms with van der Waals surface area (Å²) in [6, 6.07) is 5.04. The number of rotatable bonds is 4. The zero-order valence-electron chi connectivity index (χ0n) is 11.8. The van der Waals surface area contributed by atoms with Crippen molar-refractivity contribution in [2.45, 2.75) is 25.1 Å². The largest absolute Gasteiger partial charge is 0.389 e. The molecule has 1 heterocycles. The molecule has 1 N–H and O–H groups in total. The molecule has 126 valence electrons. The van der Waals surface area contributed by atoms with Crippen molar-refractivity contribution < 1.29 is 13.2 Å². The molecule has 1 aliphatic rings. The van der Waals surface area contributed by atoms with E-state index in [4.69, 9.17) is 11.6 Å². The number of nitrogens with zero attached hydrogens (tertiary/aromatic N) is 1. The summed E-state index contributed by atoms with van der Waals surface area (Å²) in [5, 5.41) is 3.73. The second kappa shape index (κ2) is 8.73. The summed E-state index contributed by atoms with van der Waals surface area (Å²) in [5.41, 5.74) is 0.761. The summed E-state index contributed by atoms with van der Waals surface area (Å²) in [5.74, 6) is 0. The van der Waals surface area contributed by atoms with Crippen LogP contribution in [0.15, 0.2) is 22.7 Å². The first-order chi connectivity index (χ1) is 9.87. The molecule has 2 rings (SSSR count). The highest BCUT2D eigenvalue weighted by atomic mass is 79.9. The van der Waals surface area contributed by atoms with E-state index in [0.29, 0.717) is 5.02 Å². The van der Waals surface area contributed by atoms with E-state index in [9.17, 15) is 13.2 Å². The van der Waals surface area contributed by atoms with Gasteiger partial charge in [0.2, 0.25) is 0 Å². The number of hydrogen-bond acceptors (Lipinski definition) is 2. The molecule has 0 unspecified atom stereocenters. The maximum Gasteiger partial charge on any atom is 0.389 e. The molecule has 0 spiro atoms. The predicted octanol–water partition coefficient (Wildman–Crippen LogP) is 4.81. The van der Waals surface area contributed by atoms with E-state index in [1.165, 1.54) is 0 Å². The smallest absolute Gasteiger partial charge is 0.314 e. The van der Waals surface area contributed by atoms with Gasteiger partial charge in [-0.25, -0.2) is 0 Å². The molecular weight excluding hydrogens is 404 g/mol. The van der Waals surface area contributed by atoms with E-state index in [1.54, 1.807) is 12.1 Å². The number of piperazine rings is 1. The summed E-state index contributed by atoms with van der Waals surface area (Å²) in [4.78, 5) is 2.08. The van der Waals surface area contributed by atoms with Crippen molar-refractivity contribution >= 4 is 39.9 Å². The fourth-order valence-corrected chi connectivity index (χ4v) is 3.22. The van der Waals surface area contributed by atoms with Crippen LogP contribution in [-0.4, -0.2) is 37.3 Å². The quantitative estimate of drug-likeness (QED) is 0.750. The molecule has 1 aromatic rings. The van der Waals surface area contributed by atoms with Crippen LogP contribution >= 0.6 is 39.9 Å². The number of hydrogen-bond donors (Lipinski definition) is 1. The monoisotopic (exact) mass is 420 g/mol. The second-order valence-electron chi connectivity index (χ2n) is 5.12. The molecule has 0 aromatic heterocycles. The van der Waals surface area contributed by atoms with Crippen LogP contribution in [0.2, 0.25) is 5.02 Å². The lowest BCUT2D eigenvalue weighted by atomic mass is 9.99. The molecule has 0 amide bonds. The number of halogens is 6. The molecule has 1 saturated heterocycles. The molecule has 2 nitrogen and oxygen atoms in total. The predicted molar refractivity (Wildman–Crippen MR) is 88.9 cm³/mol. The van der Waals surface area contributed by atoms with Gasteiger partial charge in [0, 0.05) is 48.1 Å². The van der Waals surface area contributed by atoms with Crippen molar-refractivity contribution in [3.8, 4) is 0 Å². The van der Waals surface area contributed by atoms with Crippen LogP contribution in [-0.2, 0) is 0 Å². The van der Waals surface area contributed by atoms with Crippen molar-refractivity contribution in [2.75, 3.05) is 26.2 Å². The van der Waals surface area contributed by atoms with Crippen molar-refractivity contribution in [2.24, 2.45) is 0 Å². The Morgan fingerprint density at radius 2 is 1.91 bits per heavy atom. The Morgan fingerprint density at radius 1 is 1.27 bits per heavy atom. The normalized spacial score (nSPS) is 17.9. The average molecular weight is 422 g/mol. The Labute approximate surface area is 147 Å². The number of benzene rings is 1. The van der Waals surface area contributed by atoms with Crippen LogP contribution < -0.4 is 5.32 Å². The van der Waals surface area contributed by atoms with Gasteiger partial charge in [-0.3, -0.25) is 4.90 Å². The van der Waals surface area contributed by atoms with Gasteiger partial charge in [0.1, 0.15) is 0 Å². The molecule has 0 radical (unpaired) electrons. The van der Waals surface area contributed by atoms with Crippen molar-refractivity contribution in [1.29, 1.82) is 0 Å². The average Bonchev–Trinajstić information content (AvgIpc) is 2.43. The molecular formula is C14H18BrCl2F3N2. The number of nitrogens with one attached hydrogen (secondary N) is 1. The Hall–Kier alpha value is -0.0100. The number of alkyl halides is 3. The van der Waals surface area contributed by atoms with Gasteiger partial charge in [-0.1, -0.05) is 27.5 Å². The zero-order chi connectivity index (χ0) is 15.5. The first kappa shape index (κ1) is 20.0. The minimum Gasteiger partial charge on any atom is -0.314 e. The first-order valence-electron chi connectivity index (χ1n) is 6.83. The van der Waals surface area contributed by atoms with Gasteiger partial charge in [-0.05, 0) is 30.2 Å². The van der Waals surface area contributed by atoms with Crippen LogP contribution in [0.25, 0.3) is 0 Å². The summed E-state index contributed by atoms with van der Waals surface area (Å²) < 4.78 is 38.6. The van der Waals surface area contributed by atoms with E-state index in [1.807, 2.05) is 6.07 Å². The highest BCUT2D eigenvalue weighted by Gasteiger charge is 2.32. The third-order valence-corrected chi connectivity index (χ3v) is 4.45. The summed E-state index contributed by atoms with van der Waals surface area (Å²) in [6.07, 6.45) is -4.92. The lowest BCUT2D eigenvalue weighted by Gasteiger charge is -2.36. The first-order valence-corrected chi connectivity index (χ1v) is 8.00. The van der Waals surface area contributed by atoms with Crippen LogP contribution in [0.5, 0.6) is 0 Å². The van der Waals surface area contributed by atoms with E-state index in [2.05, 4.69) is 26.1 Å². The standard InChI is InChI=1S/C14H17BrClF3N2.ClH/c15-10-1-2-12(16)11(9-10)13(3-4-14(17,18)19)21-7-5-20-6-8-21;/h1-2,9,13,20H,3-8H2;1H/t13-;/m0./s1. The highest BCUT2D eigenvalue weighted by Crippen LogP contribution is 2.36. The summed E-state index contributed by atoms with van der Waals surface area (Å²) in [6.45, 7) is 3.03.